The van der Waals surface area contributed by atoms with Crippen LogP contribution in [0.2, 0.25) is 5.02 Å². The van der Waals surface area contributed by atoms with Gasteiger partial charge in [-0.05, 0) is 31.9 Å². The van der Waals surface area contributed by atoms with Gasteiger partial charge in [-0.1, -0.05) is 11.6 Å². The lowest BCUT2D eigenvalue weighted by Crippen LogP contribution is -2.41. The molecule has 8 nitrogen and oxygen atoms in total. The normalized spacial score (nSPS) is 30.9. The molecule has 5 rings (SSSR count). The zero-order valence-corrected chi connectivity index (χ0v) is 17.9. The first-order chi connectivity index (χ1) is 13.8. The molecule has 3 fully saturated rings. The zero-order valence-electron chi connectivity index (χ0n) is 16.4. The third-order valence-electron chi connectivity index (χ3n) is 6.69. The summed E-state index contributed by atoms with van der Waals surface area (Å²) < 4.78 is 36.3. The van der Waals surface area contributed by atoms with Crippen LogP contribution in [0.1, 0.15) is 18.7 Å². The van der Waals surface area contributed by atoms with E-state index in [9.17, 15) is 8.42 Å². The Hall–Kier alpha value is -1.68. The van der Waals surface area contributed by atoms with Gasteiger partial charge < -0.3 is 14.2 Å². The molecule has 156 valence electrons. The van der Waals surface area contributed by atoms with Crippen molar-refractivity contribution in [2.75, 3.05) is 24.5 Å². The quantitative estimate of drug-likeness (QED) is 0.766. The van der Waals surface area contributed by atoms with E-state index in [2.05, 4.69) is 19.6 Å². The lowest BCUT2D eigenvalue weighted by molar-refractivity contribution is 0.0142. The minimum atomic E-state index is -3.65. The summed E-state index contributed by atoms with van der Waals surface area (Å²) in [5, 5.41) is 0.686. The van der Waals surface area contributed by atoms with Gasteiger partial charge in [0.25, 0.3) is 10.0 Å². The zero-order chi connectivity index (χ0) is 20.4. The Morgan fingerprint density at radius 2 is 2.28 bits per heavy atom. The maximum absolute atomic E-state index is 12.7. The number of sulfonamides is 1. The van der Waals surface area contributed by atoms with Gasteiger partial charge in [0.05, 0.1) is 16.7 Å². The largest absolute Gasteiger partial charge is 0.369 e. The molecule has 0 amide bonds. The van der Waals surface area contributed by atoms with E-state index in [1.807, 2.05) is 12.1 Å². The number of ether oxygens (including phenoxy) is 1. The molecule has 5 heterocycles. The highest BCUT2D eigenvalue weighted by Gasteiger charge is 2.63. The van der Waals surface area contributed by atoms with Gasteiger partial charge in [-0.3, -0.25) is 0 Å². The third kappa shape index (κ3) is 3.06. The Labute approximate surface area is 175 Å². The number of nitrogens with zero attached hydrogens (tertiary/aromatic N) is 4. The molecule has 4 atom stereocenters. The Bertz CT molecular complexity index is 1040. The second kappa shape index (κ2) is 6.66. The number of rotatable bonds is 5. The molecule has 3 saturated heterocycles. The average Bonchev–Trinajstić information content (AvgIpc) is 3.41. The second-order valence-corrected chi connectivity index (χ2v) is 10.4. The van der Waals surface area contributed by atoms with Crippen LogP contribution in [-0.2, 0) is 21.8 Å². The smallest absolute Gasteiger partial charge is 0.259 e. The molecule has 3 aliphatic heterocycles. The number of nitrogens with one attached hydrogen (secondary N) is 1. The number of anilines is 1. The first kappa shape index (κ1) is 19.3. The maximum Gasteiger partial charge on any atom is 0.259 e. The van der Waals surface area contributed by atoms with Gasteiger partial charge in [0, 0.05) is 50.9 Å². The van der Waals surface area contributed by atoms with Crippen molar-refractivity contribution in [3.63, 3.8) is 0 Å². The monoisotopic (exact) mass is 437 g/mol. The van der Waals surface area contributed by atoms with Crippen molar-refractivity contribution in [3.05, 3.63) is 35.4 Å². The van der Waals surface area contributed by atoms with Crippen LogP contribution in [0.3, 0.4) is 0 Å². The molecular formula is C19H24ClN5O3S. The standard InChI is InChI=1S/C19H24ClN5O3S/c1-12-23-17(10-24(12)2)29(26,27)22-8-13-14-9-25(18-15(20)4-3-7-21-18)11-19(14)6-5-16(13)28-19/h3-4,7,10,13-14,16,22H,5-6,8-9,11H2,1-2H3/t13?,14-,16?,19+/m0/s1. The van der Waals surface area contributed by atoms with Crippen molar-refractivity contribution in [2.24, 2.45) is 18.9 Å². The van der Waals surface area contributed by atoms with Crippen LogP contribution in [0.25, 0.3) is 0 Å². The Morgan fingerprint density at radius 3 is 3.00 bits per heavy atom. The van der Waals surface area contributed by atoms with Crippen LogP contribution < -0.4 is 9.62 Å². The number of aryl methyl sites for hydroxylation is 2. The lowest BCUT2D eigenvalue weighted by Gasteiger charge is -2.29. The van der Waals surface area contributed by atoms with Gasteiger partial charge in [-0.2, -0.15) is 0 Å². The van der Waals surface area contributed by atoms with Gasteiger partial charge in [-0.15, -0.1) is 0 Å². The van der Waals surface area contributed by atoms with E-state index in [0.29, 0.717) is 17.4 Å². The first-order valence-electron chi connectivity index (χ1n) is 9.82. The highest BCUT2D eigenvalue weighted by Crippen LogP contribution is 2.55. The molecule has 2 aromatic rings. The lowest BCUT2D eigenvalue weighted by atomic mass is 9.74. The van der Waals surface area contributed by atoms with E-state index >= 15 is 0 Å². The van der Waals surface area contributed by atoms with Gasteiger partial charge in [0.1, 0.15) is 11.6 Å². The van der Waals surface area contributed by atoms with Crippen LogP contribution >= 0.6 is 11.6 Å². The summed E-state index contributed by atoms with van der Waals surface area (Å²) in [5.74, 6) is 1.79. The summed E-state index contributed by atoms with van der Waals surface area (Å²) in [7, 11) is -1.87. The number of hydrogen-bond acceptors (Lipinski definition) is 6. The number of hydrogen-bond donors (Lipinski definition) is 1. The molecule has 0 saturated carbocycles. The van der Waals surface area contributed by atoms with Crippen LogP contribution in [0, 0.1) is 18.8 Å². The highest BCUT2D eigenvalue weighted by atomic mass is 35.5. The first-order valence-corrected chi connectivity index (χ1v) is 11.7. The van der Waals surface area contributed by atoms with Crippen LogP contribution in [0.4, 0.5) is 5.82 Å². The molecule has 2 aromatic heterocycles. The second-order valence-electron chi connectivity index (χ2n) is 8.31. The van der Waals surface area contributed by atoms with Crippen LogP contribution in [0.15, 0.2) is 29.6 Å². The predicted octanol–water partition coefficient (Wildman–Crippen LogP) is 1.74. The Balaban J connectivity index is 1.34. The fourth-order valence-corrected chi connectivity index (χ4v) is 6.52. The van der Waals surface area contributed by atoms with E-state index < -0.39 is 10.0 Å². The molecule has 0 radical (unpaired) electrons. The Kier molecular flexibility index (Phi) is 4.43. The highest BCUT2D eigenvalue weighted by molar-refractivity contribution is 7.89. The van der Waals surface area contributed by atoms with Crippen molar-refractivity contribution in [3.8, 4) is 0 Å². The predicted molar refractivity (Wildman–Crippen MR) is 108 cm³/mol. The maximum atomic E-state index is 12.7. The van der Waals surface area contributed by atoms with E-state index in [4.69, 9.17) is 16.3 Å². The van der Waals surface area contributed by atoms with Crippen LogP contribution in [0.5, 0.6) is 0 Å². The number of fused-ring (bicyclic) bond motifs is 1. The fourth-order valence-electron chi connectivity index (χ4n) is 5.17. The molecule has 10 heteroatoms. The van der Waals surface area contributed by atoms with Crippen molar-refractivity contribution in [1.29, 1.82) is 0 Å². The molecule has 0 aromatic carbocycles. The van der Waals surface area contributed by atoms with Gasteiger partial charge >= 0.3 is 0 Å². The van der Waals surface area contributed by atoms with E-state index in [0.717, 1.165) is 31.7 Å². The van der Waals surface area contributed by atoms with E-state index in [-0.39, 0.29) is 28.6 Å². The molecule has 0 aliphatic carbocycles. The molecule has 3 aliphatic rings. The topological polar surface area (TPSA) is 89.3 Å². The van der Waals surface area contributed by atoms with Crippen molar-refractivity contribution < 1.29 is 13.2 Å². The number of pyridine rings is 1. The molecule has 1 spiro atoms. The number of halogens is 1. The minimum Gasteiger partial charge on any atom is -0.369 e. The summed E-state index contributed by atoms with van der Waals surface area (Å²) >= 11 is 6.35. The number of imidazole rings is 1. The number of aromatic nitrogens is 3. The summed E-state index contributed by atoms with van der Waals surface area (Å²) in [6.45, 7) is 3.64. The summed E-state index contributed by atoms with van der Waals surface area (Å²) in [5.41, 5.74) is -0.233. The third-order valence-corrected chi connectivity index (χ3v) is 8.28. The van der Waals surface area contributed by atoms with Crippen molar-refractivity contribution in [2.45, 2.75) is 36.5 Å². The van der Waals surface area contributed by atoms with Gasteiger partial charge in [0.2, 0.25) is 0 Å². The summed E-state index contributed by atoms with van der Waals surface area (Å²) in [4.78, 5) is 10.8. The SMILES string of the molecule is Cc1nc(S(=O)(=O)NCC2C3CC[C@]4(CN(c5ncccc5Cl)C[C@@H]24)O3)cn1C. The van der Waals surface area contributed by atoms with Crippen molar-refractivity contribution >= 4 is 27.4 Å². The van der Waals surface area contributed by atoms with Crippen LogP contribution in [-0.4, -0.2) is 54.3 Å². The summed E-state index contributed by atoms with van der Waals surface area (Å²) in [6, 6.07) is 3.66. The summed E-state index contributed by atoms with van der Waals surface area (Å²) in [6.07, 6.45) is 5.32. The average molecular weight is 438 g/mol. The van der Waals surface area contributed by atoms with Gasteiger partial charge in [-0.25, -0.2) is 23.1 Å². The molecule has 1 N–H and O–H groups in total. The minimum absolute atomic E-state index is 0.0598. The molecule has 2 unspecified atom stereocenters. The van der Waals surface area contributed by atoms with Gasteiger partial charge in [0.15, 0.2) is 5.03 Å². The molecule has 2 bridgehead atoms. The Morgan fingerprint density at radius 1 is 1.45 bits per heavy atom. The fraction of sp³-hybridized carbons (Fsp3) is 0.579. The van der Waals surface area contributed by atoms with E-state index in [1.54, 1.807) is 24.7 Å². The molecule has 29 heavy (non-hydrogen) atoms. The molecular weight excluding hydrogens is 414 g/mol. The van der Waals surface area contributed by atoms with Crippen molar-refractivity contribution in [1.82, 2.24) is 19.3 Å². The van der Waals surface area contributed by atoms with E-state index in [1.165, 1.54) is 6.20 Å².